The molecule has 170 valence electrons. The molecule has 0 spiro atoms. The quantitative estimate of drug-likeness (QED) is 0.590. The highest BCUT2D eigenvalue weighted by Gasteiger charge is 2.31. The number of nitrogens with zero attached hydrogens (tertiary/aromatic N) is 5. The van der Waals surface area contributed by atoms with E-state index in [2.05, 4.69) is 37.1 Å². The van der Waals surface area contributed by atoms with Crippen molar-refractivity contribution in [2.75, 3.05) is 49.2 Å². The first-order valence-corrected chi connectivity index (χ1v) is 10.4. The Morgan fingerprint density at radius 2 is 1.78 bits per heavy atom. The van der Waals surface area contributed by atoms with E-state index in [1.807, 2.05) is 6.07 Å². The summed E-state index contributed by atoms with van der Waals surface area (Å²) in [6.07, 6.45) is -2.75. The highest BCUT2D eigenvalue weighted by atomic mass is 19.4. The van der Waals surface area contributed by atoms with Crippen LogP contribution in [-0.4, -0.2) is 53.1 Å². The van der Waals surface area contributed by atoms with Crippen molar-refractivity contribution in [1.29, 1.82) is 0 Å². The summed E-state index contributed by atoms with van der Waals surface area (Å²) in [4.78, 5) is 18.0. The fraction of sp³-hybridized carbons (Fsp3) is 0.409. The molecule has 0 amide bonds. The highest BCUT2D eigenvalue weighted by Crippen LogP contribution is 2.34. The molecule has 7 nitrogen and oxygen atoms in total. The third-order valence-electron chi connectivity index (χ3n) is 5.66. The fourth-order valence-corrected chi connectivity index (χ4v) is 3.83. The molecule has 1 atom stereocenters. The largest absolute Gasteiger partial charge is 0.416 e. The number of nitrogens with one attached hydrogen (secondary N) is 1. The molecule has 1 aliphatic rings. The summed E-state index contributed by atoms with van der Waals surface area (Å²) < 4.78 is 39.7. The van der Waals surface area contributed by atoms with Gasteiger partial charge >= 0.3 is 6.18 Å². The molecule has 0 unspecified atom stereocenters. The van der Waals surface area contributed by atoms with Crippen molar-refractivity contribution in [1.82, 2.24) is 19.9 Å². The SMILES string of the molecule is Cc1nc(N[C@H](C)c2cc(N)cc(C(F)(F)F)c2)c2cc(N3CCN(C)CC3)ncc2n1. The number of nitrogens with two attached hydrogens (primary N) is 1. The number of halogens is 3. The standard InChI is InChI=1S/C22H26F3N7/c1-13(15-8-16(22(23,24)25)10-17(26)9-15)28-21-18-11-20(32-6-4-31(3)5-7-32)27-12-19(18)29-14(2)30-21/h8-13H,4-7,26H2,1-3H3,(H,28,29,30)/t13-/m1/s1. The number of aryl methyl sites for hydroxylation is 1. The minimum atomic E-state index is -4.47. The summed E-state index contributed by atoms with van der Waals surface area (Å²) in [5, 5.41) is 4.03. The Labute approximate surface area is 184 Å². The first-order valence-electron chi connectivity index (χ1n) is 10.4. The molecule has 1 aliphatic heterocycles. The number of likely N-dealkylation sites (N-methyl/N-ethyl adjacent to an activating group) is 1. The molecule has 0 bridgehead atoms. The summed E-state index contributed by atoms with van der Waals surface area (Å²) in [5.41, 5.74) is 6.14. The summed E-state index contributed by atoms with van der Waals surface area (Å²) in [7, 11) is 2.09. The van der Waals surface area contributed by atoms with E-state index in [1.165, 1.54) is 0 Å². The molecule has 10 heteroatoms. The van der Waals surface area contributed by atoms with Crippen LogP contribution < -0.4 is 16.0 Å². The van der Waals surface area contributed by atoms with E-state index >= 15 is 0 Å². The van der Waals surface area contributed by atoms with Gasteiger partial charge < -0.3 is 20.9 Å². The number of alkyl halides is 3. The van der Waals surface area contributed by atoms with Crippen LogP contribution in [0.2, 0.25) is 0 Å². The zero-order valence-corrected chi connectivity index (χ0v) is 18.2. The van der Waals surface area contributed by atoms with E-state index in [-0.39, 0.29) is 5.69 Å². The molecule has 3 N–H and O–H groups in total. The van der Waals surface area contributed by atoms with Crippen LogP contribution in [0.15, 0.2) is 30.5 Å². The molecule has 1 saturated heterocycles. The van der Waals surface area contributed by atoms with Gasteiger partial charge in [-0.15, -0.1) is 0 Å². The molecular formula is C22H26F3N7. The van der Waals surface area contributed by atoms with Crippen molar-refractivity contribution in [2.24, 2.45) is 0 Å². The van der Waals surface area contributed by atoms with E-state index in [4.69, 9.17) is 5.73 Å². The normalized spacial score (nSPS) is 16.4. The number of hydrogen-bond donors (Lipinski definition) is 2. The van der Waals surface area contributed by atoms with Gasteiger partial charge in [-0.25, -0.2) is 15.0 Å². The van der Waals surface area contributed by atoms with Crippen molar-refractivity contribution in [3.05, 3.63) is 47.4 Å². The van der Waals surface area contributed by atoms with Crippen LogP contribution in [-0.2, 0) is 6.18 Å². The molecule has 4 rings (SSSR count). The molecule has 0 saturated carbocycles. The second kappa shape index (κ2) is 8.42. The molecular weight excluding hydrogens is 419 g/mol. The number of piperazine rings is 1. The molecule has 1 fully saturated rings. The molecule has 2 aromatic heterocycles. The summed E-state index contributed by atoms with van der Waals surface area (Å²) in [5.74, 6) is 1.93. The first-order chi connectivity index (χ1) is 15.1. The molecule has 3 heterocycles. The number of pyridine rings is 1. The Morgan fingerprint density at radius 1 is 1.06 bits per heavy atom. The maximum absolute atomic E-state index is 13.2. The van der Waals surface area contributed by atoms with E-state index in [1.54, 1.807) is 26.1 Å². The van der Waals surface area contributed by atoms with Crippen LogP contribution >= 0.6 is 0 Å². The summed E-state index contributed by atoms with van der Waals surface area (Å²) in [6, 6.07) is 5.07. The van der Waals surface area contributed by atoms with E-state index < -0.39 is 17.8 Å². The fourth-order valence-electron chi connectivity index (χ4n) is 3.83. The van der Waals surface area contributed by atoms with Gasteiger partial charge in [0.2, 0.25) is 0 Å². The van der Waals surface area contributed by atoms with Crippen molar-refractivity contribution in [3.8, 4) is 0 Å². The minimum absolute atomic E-state index is 0.0637. The lowest BCUT2D eigenvalue weighted by molar-refractivity contribution is -0.137. The van der Waals surface area contributed by atoms with Gasteiger partial charge in [0.1, 0.15) is 17.5 Å². The molecule has 0 aliphatic carbocycles. The maximum atomic E-state index is 13.2. The van der Waals surface area contributed by atoms with Crippen LogP contribution in [0.3, 0.4) is 0 Å². The predicted octanol–water partition coefficient (Wildman–Crippen LogP) is 3.86. The number of nitrogen functional groups attached to an aromatic ring is 1. The average Bonchev–Trinajstić information content (AvgIpc) is 2.73. The van der Waals surface area contributed by atoms with Crippen molar-refractivity contribution >= 4 is 28.2 Å². The molecule has 0 radical (unpaired) electrons. The van der Waals surface area contributed by atoms with Gasteiger partial charge in [-0.3, -0.25) is 0 Å². The van der Waals surface area contributed by atoms with Gasteiger partial charge in [0.15, 0.2) is 0 Å². The van der Waals surface area contributed by atoms with Gasteiger partial charge in [0.05, 0.1) is 23.3 Å². The second-order valence-electron chi connectivity index (χ2n) is 8.22. The van der Waals surface area contributed by atoms with Gasteiger partial charge in [-0.05, 0) is 50.7 Å². The topological polar surface area (TPSA) is 83.2 Å². The van der Waals surface area contributed by atoms with E-state index in [9.17, 15) is 13.2 Å². The van der Waals surface area contributed by atoms with Gasteiger partial charge in [0.25, 0.3) is 0 Å². The lowest BCUT2D eigenvalue weighted by atomic mass is 10.0. The Hall–Kier alpha value is -3.14. The average molecular weight is 445 g/mol. The summed E-state index contributed by atoms with van der Waals surface area (Å²) in [6.45, 7) is 7.17. The number of benzene rings is 1. The molecule has 1 aromatic carbocycles. The lowest BCUT2D eigenvalue weighted by Gasteiger charge is -2.33. The zero-order chi connectivity index (χ0) is 23.0. The number of anilines is 3. The number of hydrogen-bond acceptors (Lipinski definition) is 7. The van der Waals surface area contributed by atoms with Crippen molar-refractivity contribution < 1.29 is 13.2 Å². The Balaban J connectivity index is 1.68. The number of fused-ring (bicyclic) bond motifs is 1. The van der Waals surface area contributed by atoms with Crippen LogP contribution in [0.4, 0.5) is 30.5 Å². The first kappa shape index (κ1) is 22.1. The van der Waals surface area contributed by atoms with E-state index in [0.29, 0.717) is 22.7 Å². The van der Waals surface area contributed by atoms with Crippen LogP contribution in [0.5, 0.6) is 0 Å². The second-order valence-corrected chi connectivity index (χ2v) is 8.22. The predicted molar refractivity (Wildman–Crippen MR) is 120 cm³/mol. The molecule has 3 aromatic rings. The van der Waals surface area contributed by atoms with Gasteiger partial charge in [-0.2, -0.15) is 13.2 Å². The van der Waals surface area contributed by atoms with Gasteiger partial charge in [-0.1, -0.05) is 0 Å². The van der Waals surface area contributed by atoms with Crippen LogP contribution in [0.25, 0.3) is 10.9 Å². The van der Waals surface area contributed by atoms with Crippen molar-refractivity contribution in [3.63, 3.8) is 0 Å². The third-order valence-corrected chi connectivity index (χ3v) is 5.66. The maximum Gasteiger partial charge on any atom is 0.416 e. The van der Waals surface area contributed by atoms with E-state index in [0.717, 1.165) is 49.5 Å². The van der Waals surface area contributed by atoms with Gasteiger partial charge in [0, 0.05) is 37.3 Å². The lowest BCUT2D eigenvalue weighted by Crippen LogP contribution is -2.44. The Bertz CT molecular complexity index is 1120. The Morgan fingerprint density at radius 3 is 2.47 bits per heavy atom. The van der Waals surface area contributed by atoms with Crippen molar-refractivity contribution in [2.45, 2.75) is 26.1 Å². The zero-order valence-electron chi connectivity index (χ0n) is 18.2. The molecule has 32 heavy (non-hydrogen) atoms. The van der Waals surface area contributed by atoms with Crippen LogP contribution in [0, 0.1) is 6.92 Å². The monoisotopic (exact) mass is 445 g/mol. The Kier molecular flexibility index (Phi) is 5.81. The smallest absolute Gasteiger partial charge is 0.399 e. The third kappa shape index (κ3) is 4.69. The number of rotatable bonds is 4. The minimum Gasteiger partial charge on any atom is -0.399 e. The number of aromatic nitrogens is 3. The van der Waals surface area contributed by atoms with Crippen LogP contribution in [0.1, 0.15) is 29.9 Å². The summed E-state index contributed by atoms with van der Waals surface area (Å²) >= 11 is 0. The highest BCUT2D eigenvalue weighted by molar-refractivity contribution is 5.90.